The molecule has 1 N–H and O–H groups in total. The van der Waals surface area contributed by atoms with Crippen molar-refractivity contribution in [1.29, 1.82) is 0 Å². The topological polar surface area (TPSA) is 47.6 Å². The van der Waals surface area contributed by atoms with E-state index < -0.39 is 5.60 Å². The average molecular weight is 434 g/mol. The molecule has 4 heteroatoms. The number of para-hydroxylation sites is 2. The fourth-order valence-electron chi connectivity index (χ4n) is 5.07. The van der Waals surface area contributed by atoms with Crippen LogP contribution >= 0.6 is 0 Å². The Balaban J connectivity index is 1.68. The molecule has 4 aromatic carbocycles. The Bertz CT molecular complexity index is 1410. The zero-order valence-corrected chi connectivity index (χ0v) is 18.7. The summed E-state index contributed by atoms with van der Waals surface area (Å²) in [5.41, 5.74) is 7.22. The van der Waals surface area contributed by atoms with Gasteiger partial charge in [0.1, 0.15) is 11.5 Å². The van der Waals surface area contributed by atoms with Crippen LogP contribution in [0.2, 0.25) is 0 Å². The zero-order valence-electron chi connectivity index (χ0n) is 18.7. The van der Waals surface area contributed by atoms with E-state index in [-0.39, 0.29) is 5.97 Å². The van der Waals surface area contributed by atoms with Crippen molar-refractivity contribution in [1.82, 2.24) is 0 Å². The number of anilines is 2. The van der Waals surface area contributed by atoms with E-state index in [0.29, 0.717) is 17.1 Å². The summed E-state index contributed by atoms with van der Waals surface area (Å²) in [6.45, 7) is 6.23. The Hall–Kier alpha value is -4.05. The maximum atomic E-state index is 13.3. The number of fused-ring (bicyclic) bond motifs is 6. The van der Waals surface area contributed by atoms with Crippen molar-refractivity contribution in [2.75, 3.05) is 5.32 Å². The minimum Gasteiger partial charge on any atom is -0.456 e. The summed E-state index contributed by atoms with van der Waals surface area (Å²) in [6, 6.07) is 25.8. The molecule has 33 heavy (non-hydrogen) atoms. The van der Waals surface area contributed by atoms with Gasteiger partial charge in [-0.05, 0) is 56.2 Å². The summed E-state index contributed by atoms with van der Waals surface area (Å²) in [6.07, 6.45) is 0. The summed E-state index contributed by atoms with van der Waals surface area (Å²) in [5, 5.41) is 3.65. The summed E-state index contributed by atoms with van der Waals surface area (Å²) in [5.74, 6) is 1.05. The summed E-state index contributed by atoms with van der Waals surface area (Å²) in [4.78, 5) is 13.3. The molecule has 0 aromatic heterocycles. The van der Waals surface area contributed by atoms with Crippen molar-refractivity contribution in [3.05, 3.63) is 118 Å². The van der Waals surface area contributed by atoms with E-state index in [9.17, 15) is 4.79 Å². The number of carbonyl (C=O) groups is 1. The number of carbonyl (C=O) groups excluding carboxylic acids is 1. The smallest absolute Gasteiger partial charge is 0.340 e. The standard InChI is InChI=1S/C29H23NO3/c1-17-12-15-23(19(3)16-17)30-27-18(2)13-14-20-26(27)29(33-28(20)31)21-8-4-6-10-24(21)32-25-11-7-5-9-22(25)29/h4-16,30H,1-3H3. The molecule has 0 bridgehead atoms. The molecule has 0 fully saturated rings. The molecular weight excluding hydrogens is 410 g/mol. The van der Waals surface area contributed by atoms with E-state index in [4.69, 9.17) is 9.47 Å². The maximum Gasteiger partial charge on any atom is 0.340 e. The number of benzene rings is 4. The SMILES string of the molecule is Cc1ccc(Nc2c(C)ccc3c2C2(OC3=O)c3ccccc3Oc3ccccc32)c(C)c1. The predicted molar refractivity (Wildman–Crippen MR) is 129 cm³/mol. The molecule has 0 atom stereocenters. The number of aryl methyl sites for hydroxylation is 3. The Morgan fingerprint density at radius 2 is 1.42 bits per heavy atom. The highest BCUT2D eigenvalue weighted by Gasteiger charge is 2.55. The Kier molecular flexibility index (Phi) is 4.15. The van der Waals surface area contributed by atoms with Gasteiger partial charge in [0.25, 0.3) is 0 Å². The number of esters is 1. The average Bonchev–Trinajstić information content (AvgIpc) is 3.10. The molecule has 2 aliphatic heterocycles. The second-order valence-corrected chi connectivity index (χ2v) is 8.79. The van der Waals surface area contributed by atoms with Crippen molar-refractivity contribution in [2.24, 2.45) is 0 Å². The third-order valence-electron chi connectivity index (χ3n) is 6.63. The summed E-state index contributed by atoms with van der Waals surface area (Å²) in [7, 11) is 0. The number of hydrogen-bond acceptors (Lipinski definition) is 4. The molecule has 0 unspecified atom stereocenters. The Morgan fingerprint density at radius 1 is 0.758 bits per heavy atom. The lowest BCUT2D eigenvalue weighted by Crippen LogP contribution is -2.33. The maximum absolute atomic E-state index is 13.3. The van der Waals surface area contributed by atoms with Gasteiger partial charge in [0.15, 0.2) is 5.60 Å². The van der Waals surface area contributed by atoms with Crippen molar-refractivity contribution >= 4 is 17.3 Å². The largest absolute Gasteiger partial charge is 0.456 e. The molecule has 0 aliphatic carbocycles. The molecular formula is C29H23NO3. The molecule has 4 aromatic rings. The highest BCUT2D eigenvalue weighted by atomic mass is 16.6. The third kappa shape index (κ3) is 2.74. The van der Waals surface area contributed by atoms with Gasteiger partial charge in [0, 0.05) is 22.4 Å². The molecule has 6 rings (SSSR count). The third-order valence-corrected chi connectivity index (χ3v) is 6.63. The van der Waals surface area contributed by atoms with Gasteiger partial charge in [0.05, 0.1) is 11.3 Å². The van der Waals surface area contributed by atoms with Gasteiger partial charge in [-0.15, -0.1) is 0 Å². The van der Waals surface area contributed by atoms with Crippen molar-refractivity contribution in [2.45, 2.75) is 26.4 Å². The second-order valence-electron chi connectivity index (χ2n) is 8.79. The fourth-order valence-corrected chi connectivity index (χ4v) is 5.07. The molecule has 0 radical (unpaired) electrons. The number of rotatable bonds is 2. The molecule has 2 heterocycles. The van der Waals surface area contributed by atoms with Crippen LogP contribution in [-0.4, -0.2) is 5.97 Å². The van der Waals surface area contributed by atoms with Gasteiger partial charge in [-0.1, -0.05) is 60.2 Å². The minimum absolute atomic E-state index is 0.333. The molecule has 2 aliphatic rings. The molecule has 0 saturated carbocycles. The van der Waals surface area contributed by atoms with Gasteiger partial charge in [-0.2, -0.15) is 0 Å². The van der Waals surface area contributed by atoms with Gasteiger partial charge < -0.3 is 14.8 Å². The monoisotopic (exact) mass is 433 g/mol. The fraction of sp³-hybridized carbons (Fsp3) is 0.138. The summed E-state index contributed by atoms with van der Waals surface area (Å²) < 4.78 is 12.6. The first-order valence-corrected chi connectivity index (χ1v) is 11.1. The van der Waals surface area contributed by atoms with E-state index in [2.05, 4.69) is 44.3 Å². The highest BCUT2D eigenvalue weighted by molar-refractivity contribution is 6.00. The van der Waals surface area contributed by atoms with Gasteiger partial charge in [-0.3, -0.25) is 0 Å². The molecule has 4 nitrogen and oxygen atoms in total. The van der Waals surface area contributed by atoms with Gasteiger partial charge in [0.2, 0.25) is 0 Å². The number of nitrogens with one attached hydrogen (secondary N) is 1. The van der Waals surface area contributed by atoms with Crippen LogP contribution in [0.1, 0.15) is 43.7 Å². The van der Waals surface area contributed by atoms with Crippen LogP contribution in [0, 0.1) is 20.8 Å². The van der Waals surface area contributed by atoms with Gasteiger partial charge >= 0.3 is 5.97 Å². The Morgan fingerprint density at radius 3 is 2.09 bits per heavy atom. The van der Waals surface area contributed by atoms with E-state index in [1.807, 2.05) is 60.7 Å². The van der Waals surface area contributed by atoms with E-state index in [1.165, 1.54) is 5.56 Å². The first kappa shape index (κ1) is 19.6. The lowest BCUT2D eigenvalue weighted by Gasteiger charge is -2.37. The van der Waals surface area contributed by atoms with Crippen LogP contribution in [-0.2, 0) is 10.3 Å². The highest BCUT2D eigenvalue weighted by Crippen LogP contribution is 2.58. The number of hydrogen-bond donors (Lipinski definition) is 1. The van der Waals surface area contributed by atoms with Crippen LogP contribution < -0.4 is 10.1 Å². The van der Waals surface area contributed by atoms with Crippen molar-refractivity contribution < 1.29 is 14.3 Å². The quantitative estimate of drug-likeness (QED) is 0.349. The first-order valence-electron chi connectivity index (χ1n) is 11.1. The van der Waals surface area contributed by atoms with Crippen LogP contribution in [0.15, 0.2) is 78.9 Å². The minimum atomic E-state index is -1.09. The van der Waals surface area contributed by atoms with Crippen LogP contribution in [0.5, 0.6) is 11.5 Å². The molecule has 0 amide bonds. The van der Waals surface area contributed by atoms with E-state index >= 15 is 0 Å². The zero-order chi connectivity index (χ0) is 22.7. The van der Waals surface area contributed by atoms with Crippen LogP contribution in [0.25, 0.3) is 0 Å². The number of ether oxygens (including phenoxy) is 2. The van der Waals surface area contributed by atoms with Gasteiger partial charge in [-0.25, -0.2) is 4.79 Å². The molecule has 1 spiro atoms. The van der Waals surface area contributed by atoms with Crippen LogP contribution in [0.4, 0.5) is 11.4 Å². The van der Waals surface area contributed by atoms with Crippen molar-refractivity contribution in [3.8, 4) is 11.5 Å². The normalized spacial score (nSPS) is 14.7. The molecule has 0 saturated heterocycles. The van der Waals surface area contributed by atoms with E-state index in [0.717, 1.165) is 39.2 Å². The Labute approximate surface area is 192 Å². The summed E-state index contributed by atoms with van der Waals surface area (Å²) >= 11 is 0. The van der Waals surface area contributed by atoms with Crippen LogP contribution in [0.3, 0.4) is 0 Å². The second kappa shape index (κ2) is 6.97. The lowest BCUT2D eigenvalue weighted by molar-refractivity contribution is 0.0226. The first-order chi connectivity index (χ1) is 16.0. The lowest BCUT2D eigenvalue weighted by atomic mass is 9.76. The predicted octanol–water partition coefficient (Wildman–Crippen LogP) is 6.92. The van der Waals surface area contributed by atoms with Crippen molar-refractivity contribution in [3.63, 3.8) is 0 Å². The van der Waals surface area contributed by atoms with E-state index in [1.54, 1.807) is 0 Å². The molecule has 162 valence electrons.